The zero-order chi connectivity index (χ0) is 32.1. The van der Waals surface area contributed by atoms with E-state index in [2.05, 4.69) is 48.1 Å². The topological polar surface area (TPSA) is 69.7 Å². The van der Waals surface area contributed by atoms with E-state index in [4.69, 9.17) is 8.92 Å². The van der Waals surface area contributed by atoms with Crippen LogP contribution in [0, 0.1) is 63.6 Å². The number of carbonyl (C=O) groups excluding carboxylic acids is 1. The smallest absolute Gasteiger partial charge is 0.312 e. The number of esters is 1. The Kier molecular flexibility index (Phi) is 7.65. The lowest BCUT2D eigenvalue weighted by atomic mass is 9.32. The maximum absolute atomic E-state index is 13.5. The summed E-state index contributed by atoms with van der Waals surface area (Å²) in [5.41, 5.74) is 2.02. The molecule has 0 unspecified atom stereocenters. The number of ether oxygens (including phenoxy) is 1. The van der Waals surface area contributed by atoms with Crippen LogP contribution in [0.1, 0.15) is 111 Å². The number of hydrogen-bond donors (Lipinski definition) is 0. The van der Waals surface area contributed by atoms with Crippen molar-refractivity contribution in [2.75, 3.05) is 7.11 Å². The molecule has 0 amide bonds. The predicted octanol–water partition coefficient (Wildman–Crippen LogP) is 8.90. The highest BCUT2D eigenvalue weighted by molar-refractivity contribution is 7.86. The van der Waals surface area contributed by atoms with Crippen molar-refractivity contribution in [3.63, 3.8) is 0 Å². The third-order valence-electron chi connectivity index (χ3n) is 15.2. The van der Waals surface area contributed by atoms with E-state index < -0.39 is 10.1 Å². The highest BCUT2D eigenvalue weighted by Crippen LogP contribution is 2.77. The Balaban J connectivity index is 1.30. The molecule has 10 atom stereocenters. The van der Waals surface area contributed by atoms with Gasteiger partial charge >= 0.3 is 5.97 Å². The van der Waals surface area contributed by atoms with Gasteiger partial charge in [0.25, 0.3) is 10.1 Å². The van der Waals surface area contributed by atoms with Crippen molar-refractivity contribution in [3.8, 4) is 0 Å². The minimum atomic E-state index is -3.85. The maximum atomic E-state index is 13.5. The molecule has 5 nitrogen and oxygen atoms in total. The van der Waals surface area contributed by atoms with Gasteiger partial charge in [0.15, 0.2) is 0 Å². The van der Waals surface area contributed by atoms with Crippen molar-refractivity contribution in [2.45, 2.75) is 124 Å². The summed E-state index contributed by atoms with van der Waals surface area (Å²) >= 11 is 0. The van der Waals surface area contributed by atoms with Gasteiger partial charge in [-0.15, -0.1) is 0 Å². The SMILES string of the molecule is C=C(C)[C@@H]1CC[C@]2(C(=O)OC)CC[C@]3(C)[C@H](CC[C@@H]4[C@@]5(C)CC[C@H](OS(=O)(=O)c6ccc(C)cc6)C(C)(C)[C@@H]5CC[C@]43C)[C@H]12. The van der Waals surface area contributed by atoms with Crippen LogP contribution in [-0.4, -0.2) is 27.6 Å². The monoisotopic (exact) mass is 624 g/mol. The molecular weight excluding hydrogens is 568 g/mol. The summed E-state index contributed by atoms with van der Waals surface area (Å²) in [6.07, 6.45) is 9.90. The zero-order valence-corrected chi connectivity index (χ0v) is 29.3. The van der Waals surface area contributed by atoms with E-state index in [9.17, 15) is 13.2 Å². The Bertz CT molecular complexity index is 1430. The van der Waals surface area contributed by atoms with E-state index in [0.29, 0.717) is 29.6 Å². The first-order chi connectivity index (χ1) is 20.5. The van der Waals surface area contributed by atoms with Crippen molar-refractivity contribution >= 4 is 16.1 Å². The average Bonchev–Trinajstić information content (AvgIpc) is 3.36. The number of carbonyl (C=O) groups is 1. The molecule has 0 bridgehead atoms. The minimum Gasteiger partial charge on any atom is -0.469 e. The van der Waals surface area contributed by atoms with Crippen LogP contribution in [0.4, 0.5) is 0 Å². The number of rotatable bonds is 5. The van der Waals surface area contributed by atoms with Crippen molar-refractivity contribution in [1.29, 1.82) is 0 Å². The first-order valence-corrected chi connectivity index (χ1v) is 18.6. The van der Waals surface area contributed by atoms with Crippen LogP contribution < -0.4 is 0 Å². The summed E-state index contributed by atoms with van der Waals surface area (Å²) in [5.74, 6) is 2.12. The summed E-state index contributed by atoms with van der Waals surface area (Å²) < 4.78 is 38.5. The van der Waals surface area contributed by atoms with Crippen molar-refractivity contribution in [3.05, 3.63) is 42.0 Å². The molecule has 1 aromatic carbocycles. The van der Waals surface area contributed by atoms with Crippen LogP contribution in [0.15, 0.2) is 41.3 Å². The Morgan fingerprint density at radius 1 is 0.841 bits per heavy atom. The summed E-state index contributed by atoms with van der Waals surface area (Å²) in [7, 11) is -2.27. The standard InChI is InChI=1S/C38H56O5S/c1-24(2)27-16-21-38(33(39)42-9)23-22-36(7)28(32(27)38)14-15-30-35(6)19-18-31(34(4,5)29(35)17-20-37(30,36)8)43-44(40,41)26-12-10-25(3)11-13-26/h10-13,27-32H,1,14-23H2,2-9H3/t27-,28+,29-,30+,31-,32-,35-,36+,37+,38-/m0/s1. The molecule has 0 N–H and O–H groups in total. The van der Waals surface area contributed by atoms with Gasteiger partial charge in [0.05, 0.1) is 23.5 Å². The quantitative estimate of drug-likeness (QED) is 0.186. The highest BCUT2D eigenvalue weighted by Gasteiger charge is 2.72. The lowest BCUT2D eigenvalue weighted by Crippen LogP contribution is -2.67. The van der Waals surface area contributed by atoms with E-state index in [-0.39, 0.29) is 44.0 Å². The number of benzene rings is 1. The summed E-state index contributed by atoms with van der Waals surface area (Å²) in [6, 6.07) is 7.00. The maximum Gasteiger partial charge on any atom is 0.312 e. The molecule has 5 fully saturated rings. The van der Waals surface area contributed by atoms with Gasteiger partial charge in [-0.1, -0.05) is 64.5 Å². The molecule has 44 heavy (non-hydrogen) atoms. The van der Waals surface area contributed by atoms with Gasteiger partial charge < -0.3 is 4.74 Å². The molecule has 0 saturated heterocycles. The zero-order valence-electron chi connectivity index (χ0n) is 28.5. The number of hydrogen-bond acceptors (Lipinski definition) is 5. The highest BCUT2D eigenvalue weighted by atomic mass is 32.2. The summed E-state index contributed by atoms with van der Waals surface area (Å²) in [4.78, 5) is 13.8. The van der Waals surface area contributed by atoms with Gasteiger partial charge in [-0.3, -0.25) is 8.98 Å². The van der Waals surface area contributed by atoms with Gasteiger partial charge in [-0.25, -0.2) is 0 Å². The van der Waals surface area contributed by atoms with Gasteiger partial charge in [0, 0.05) is 0 Å². The molecule has 6 rings (SSSR count). The number of methoxy groups -OCH3 is 1. The lowest BCUT2D eigenvalue weighted by Gasteiger charge is -2.72. The largest absolute Gasteiger partial charge is 0.469 e. The molecule has 6 heteroatoms. The van der Waals surface area contributed by atoms with Gasteiger partial charge in [-0.05, 0) is 141 Å². The van der Waals surface area contributed by atoms with Crippen LogP contribution in [-0.2, 0) is 23.8 Å². The summed E-state index contributed by atoms with van der Waals surface area (Å²) in [5, 5.41) is 0. The second-order valence-corrected chi connectivity index (χ2v) is 18.6. The van der Waals surface area contributed by atoms with Crippen molar-refractivity contribution in [1.82, 2.24) is 0 Å². The minimum absolute atomic E-state index is 0.0110. The third-order valence-corrected chi connectivity index (χ3v) is 16.5. The fraction of sp³-hybridized carbons (Fsp3) is 0.763. The van der Waals surface area contributed by atoms with E-state index >= 15 is 0 Å². The molecule has 0 aliphatic heterocycles. The van der Waals surface area contributed by atoms with E-state index in [0.717, 1.165) is 63.4 Å². The van der Waals surface area contributed by atoms with E-state index in [1.54, 1.807) is 19.2 Å². The number of aryl methyl sites for hydroxylation is 1. The van der Waals surface area contributed by atoms with Gasteiger partial charge in [-0.2, -0.15) is 8.42 Å². The fourth-order valence-corrected chi connectivity index (χ4v) is 14.0. The Morgan fingerprint density at radius 3 is 2.16 bits per heavy atom. The van der Waals surface area contributed by atoms with Gasteiger partial charge in [0.1, 0.15) is 0 Å². The van der Waals surface area contributed by atoms with E-state index in [1.807, 2.05) is 19.1 Å². The predicted molar refractivity (Wildman–Crippen MR) is 174 cm³/mol. The van der Waals surface area contributed by atoms with Crippen LogP contribution in [0.3, 0.4) is 0 Å². The normalized spacial score (nSPS) is 44.5. The van der Waals surface area contributed by atoms with Gasteiger partial charge in [0.2, 0.25) is 0 Å². The Morgan fingerprint density at radius 2 is 1.52 bits per heavy atom. The van der Waals surface area contributed by atoms with Crippen LogP contribution in [0.2, 0.25) is 0 Å². The molecule has 1 aromatic rings. The average molecular weight is 625 g/mol. The second-order valence-electron chi connectivity index (χ2n) is 17.0. The lowest BCUT2D eigenvalue weighted by molar-refractivity contribution is -0.246. The molecule has 5 saturated carbocycles. The molecular formula is C38H56O5S. The molecule has 0 aromatic heterocycles. The van der Waals surface area contributed by atoms with E-state index in [1.165, 1.54) is 12.0 Å². The van der Waals surface area contributed by atoms with Crippen LogP contribution in [0.5, 0.6) is 0 Å². The fourth-order valence-electron chi connectivity index (χ4n) is 12.8. The number of fused-ring (bicyclic) bond motifs is 7. The second kappa shape index (κ2) is 10.4. The third kappa shape index (κ3) is 4.31. The Labute approximate surface area is 267 Å². The summed E-state index contributed by atoms with van der Waals surface area (Å²) in [6.45, 7) is 20.8. The van der Waals surface area contributed by atoms with Crippen molar-refractivity contribution < 1.29 is 22.1 Å². The molecule has 5 aliphatic carbocycles. The molecule has 5 aliphatic rings. The van der Waals surface area contributed by atoms with Crippen molar-refractivity contribution in [2.24, 2.45) is 56.7 Å². The van der Waals surface area contributed by atoms with Crippen LogP contribution in [0.25, 0.3) is 0 Å². The Hall–Kier alpha value is -1.66. The first kappa shape index (κ1) is 32.3. The number of allylic oxidation sites excluding steroid dienone is 1. The molecule has 0 spiro atoms. The first-order valence-electron chi connectivity index (χ1n) is 17.2. The van der Waals surface area contributed by atoms with Crippen LogP contribution >= 0.6 is 0 Å². The molecule has 0 heterocycles. The molecule has 244 valence electrons. The molecule has 0 radical (unpaired) electrons.